The number of amides is 4. The van der Waals surface area contributed by atoms with E-state index in [1.807, 2.05) is 39.5 Å². The van der Waals surface area contributed by atoms with Gasteiger partial charge in [0.25, 0.3) is 0 Å². The van der Waals surface area contributed by atoms with Crippen LogP contribution in [0.15, 0.2) is 24.3 Å². The van der Waals surface area contributed by atoms with E-state index in [0.717, 1.165) is 17.3 Å². The van der Waals surface area contributed by atoms with E-state index in [9.17, 15) is 19.2 Å². The van der Waals surface area contributed by atoms with Gasteiger partial charge in [-0.2, -0.15) is 23.5 Å². The van der Waals surface area contributed by atoms with Gasteiger partial charge in [0.15, 0.2) is 0 Å². The van der Waals surface area contributed by atoms with Gasteiger partial charge in [-0.1, -0.05) is 65.3 Å². The van der Waals surface area contributed by atoms with Crippen LogP contribution in [0.4, 0.5) is 0 Å². The number of hydrogen-bond donors (Lipinski definition) is 4. The molecule has 0 aliphatic rings. The third-order valence-corrected chi connectivity index (χ3v) is 8.11. The Hall–Kier alpha value is -2.20. The van der Waals surface area contributed by atoms with E-state index in [4.69, 9.17) is 5.73 Å². The molecule has 0 radical (unpaired) electrons. The van der Waals surface area contributed by atoms with Gasteiger partial charge in [-0.05, 0) is 42.1 Å². The summed E-state index contributed by atoms with van der Waals surface area (Å²) in [4.78, 5) is 50.0. The standard InChI is InChI=1S/C28H46N4O4S2/c1-7-19(5)25(26(29)34)32-28(36)23(14-18(3)4)31-27(35)20(6)30-24(33)12-13-38-17-22-11-9-10-21(15-22)16-37-8-2/h9-11,15,18-20,23,25H,7-8,12-14,16-17H2,1-6H3,(H2,29,34)(H,30,33)(H,31,35)(H,32,36)/t19-,20-,23-,25-/m0/s1. The number of rotatable bonds is 18. The van der Waals surface area contributed by atoms with Crippen molar-refractivity contribution in [2.45, 2.75) is 90.4 Å². The highest BCUT2D eigenvalue weighted by Gasteiger charge is 2.30. The molecule has 4 atom stereocenters. The molecule has 0 bridgehead atoms. The highest BCUT2D eigenvalue weighted by atomic mass is 32.2. The van der Waals surface area contributed by atoms with Crippen LogP contribution in [0, 0.1) is 11.8 Å². The van der Waals surface area contributed by atoms with Gasteiger partial charge in [0, 0.05) is 23.7 Å². The molecule has 0 unspecified atom stereocenters. The minimum absolute atomic E-state index is 0.120. The third-order valence-electron chi connectivity index (χ3n) is 6.13. The molecule has 5 N–H and O–H groups in total. The number of primary amides is 1. The molecular formula is C28H46N4O4S2. The molecule has 0 fully saturated rings. The molecule has 0 aromatic heterocycles. The van der Waals surface area contributed by atoms with Crippen molar-refractivity contribution >= 4 is 47.2 Å². The summed E-state index contributed by atoms with van der Waals surface area (Å²) in [5.74, 6) is 1.80. The van der Waals surface area contributed by atoms with E-state index in [1.54, 1.807) is 18.7 Å². The van der Waals surface area contributed by atoms with Gasteiger partial charge in [-0.15, -0.1) is 0 Å². The van der Waals surface area contributed by atoms with Crippen LogP contribution in [0.5, 0.6) is 0 Å². The van der Waals surface area contributed by atoms with E-state index in [-0.39, 0.29) is 17.7 Å². The minimum Gasteiger partial charge on any atom is -0.368 e. The maximum atomic E-state index is 12.9. The molecule has 1 rings (SSSR count). The van der Waals surface area contributed by atoms with Crippen molar-refractivity contribution < 1.29 is 19.2 Å². The number of nitrogens with one attached hydrogen (secondary N) is 3. The maximum Gasteiger partial charge on any atom is 0.243 e. The maximum absolute atomic E-state index is 12.9. The number of benzene rings is 1. The normalized spacial score (nSPS) is 14.3. The van der Waals surface area contributed by atoms with E-state index in [1.165, 1.54) is 11.1 Å². The lowest BCUT2D eigenvalue weighted by Gasteiger charge is -2.26. The third kappa shape index (κ3) is 13.0. The van der Waals surface area contributed by atoms with Gasteiger partial charge in [-0.25, -0.2) is 0 Å². The number of nitrogens with two attached hydrogens (primary N) is 1. The second-order valence-corrected chi connectivity index (χ2v) is 12.4. The first kappa shape index (κ1) is 33.8. The zero-order chi connectivity index (χ0) is 28.7. The van der Waals surface area contributed by atoms with Crippen LogP contribution in [-0.2, 0) is 30.7 Å². The molecule has 0 aliphatic carbocycles. The van der Waals surface area contributed by atoms with Gasteiger partial charge < -0.3 is 21.7 Å². The van der Waals surface area contributed by atoms with Crippen LogP contribution in [0.2, 0.25) is 0 Å². The Kier molecular flexibility index (Phi) is 16.2. The van der Waals surface area contributed by atoms with Gasteiger partial charge in [0.2, 0.25) is 23.6 Å². The molecule has 8 nitrogen and oxygen atoms in total. The lowest BCUT2D eigenvalue weighted by atomic mass is 9.97. The molecule has 0 saturated carbocycles. The van der Waals surface area contributed by atoms with Crippen molar-refractivity contribution in [2.24, 2.45) is 17.6 Å². The summed E-state index contributed by atoms with van der Waals surface area (Å²) in [6.45, 7) is 11.4. The number of carbonyl (C=O) groups excluding carboxylic acids is 4. The van der Waals surface area contributed by atoms with Crippen LogP contribution >= 0.6 is 23.5 Å². The Morgan fingerprint density at radius 3 is 2.08 bits per heavy atom. The summed E-state index contributed by atoms with van der Waals surface area (Å²) in [5, 5.41) is 8.16. The average Bonchev–Trinajstić information content (AvgIpc) is 2.87. The molecule has 0 saturated heterocycles. The molecule has 1 aromatic carbocycles. The van der Waals surface area contributed by atoms with Gasteiger partial charge in [0.1, 0.15) is 18.1 Å². The van der Waals surface area contributed by atoms with Crippen molar-refractivity contribution in [3.05, 3.63) is 35.4 Å². The summed E-state index contributed by atoms with van der Waals surface area (Å²) in [5.41, 5.74) is 8.03. The topological polar surface area (TPSA) is 130 Å². The van der Waals surface area contributed by atoms with Crippen LogP contribution in [0.3, 0.4) is 0 Å². The van der Waals surface area contributed by atoms with E-state index in [0.29, 0.717) is 25.0 Å². The summed E-state index contributed by atoms with van der Waals surface area (Å²) in [6.07, 6.45) is 1.35. The SMILES string of the molecule is CCSCc1cccc(CSCCC(=O)N[C@@H](C)C(=O)N[C@@H](CC(C)C)C(=O)N[C@H](C(N)=O)[C@@H](C)CC)c1. The zero-order valence-corrected chi connectivity index (χ0v) is 25.3. The summed E-state index contributed by atoms with van der Waals surface area (Å²) in [6, 6.07) is 6.05. The van der Waals surface area contributed by atoms with Gasteiger partial charge in [0.05, 0.1) is 0 Å². The Bertz CT molecular complexity index is 913. The van der Waals surface area contributed by atoms with Crippen LogP contribution in [0.1, 0.15) is 71.9 Å². The highest BCUT2D eigenvalue weighted by molar-refractivity contribution is 7.98. The van der Waals surface area contributed by atoms with Crippen LogP contribution < -0.4 is 21.7 Å². The largest absolute Gasteiger partial charge is 0.368 e. The average molecular weight is 567 g/mol. The fraction of sp³-hybridized carbons (Fsp3) is 0.643. The summed E-state index contributed by atoms with van der Waals surface area (Å²) in [7, 11) is 0. The molecular weight excluding hydrogens is 520 g/mol. The van der Waals surface area contributed by atoms with Gasteiger partial charge in [-0.3, -0.25) is 19.2 Å². The lowest BCUT2D eigenvalue weighted by Crippen LogP contribution is -2.57. The molecule has 0 aliphatic heterocycles. The number of thioether (sulfide) groups is 2. The monoisotopic (exact) mass is 566 g/mol. The summed E-state index contributed by atoms with van der Waals surface area (Å²) >= 11 is 3.57. The van der Waals surface area contributed by atoms with E-state index in [2.05, 4.69) is 47.1 Å². The van der Waals surface area contributed by atoms with Crippen LogP contribution in [0.25, 0.3) is 0 Å². The zero-order valence-electron chi connectivity index (χ0n) is 23.7. The first-order valence-electron chi connectivity index (χ1n) is 13.4. The Morgan fingerprint density at radius 1 is 0.895 bits per heavy atom. The Morgan fingerprint density at radius 2 is 1.53 bits per heavy atom. The van der Waals surface area contributed by atoms with E-state index >= 15 is 0 Å². The second kappa shape index (κ2) is 18.2. The first-order valence-corrected chi connectivity index (χ1v) is 15.7. The molecule has 4 amide bonds. The highest BCUT2D eigenvalue weighted by Crippen LogP contribution is 2.18. The van der Waals surface area contributed by atoms with Crippen LogP contribution in [-0.4, -0.2) is 53.3 Å². The quantitative estimate of drug-likeness (QED) is 0.201. The fourth-order valence-corrected chi connectivity index (χ4v) is 5.25. The Labute approximate surface area is 236 Å². The van der Waals surface area contributed by atoms with Crippen molar-refractivity contribution in [3.63, 3.8) is 0 Å². The first-order chi connectivity index (χ1) is 18.0. The van der Waals surface area contributed by atoms with Crippen molar-refractivity contribution in [2.75, 3.05) is 11.5 Å². The fourth-order valence-electron chi connectivity index (χ4n) is 3.75. The summed E-state index contributed by atoms with van der Waals surface area (Å²) < 4.78 is 0. The second-order valence-electron chi connectivity index (χ2n) is 10.0. The molecule has 214 valence electrons. The molecule has 0 spiro atoms. The number of hydrogen-bond acceptors (Lipinski definition) is 6. The molecule has 1 aromatic rings. The molecule has 0 heterocycles. The van der Waals surface area contributed by atoms with Crippen molar-refractivity contribution in [3.8, 4) is 0 Å². The van der Waals surface area contributed by atoms with Gasteiger partial charge >= 0.3 is 0 Å². The molecule has 10 heteroatoms. The van der Waals surface area contributed by atoms with E-state index < -0.39 is 35.8 Å². The smallest absolute Gasteiger partial charge is 0.243 e. The minimum atomic E-state index is -0.838. The predicted octanol–water partition coefficient (Wildman–Crippen LogP) is 3.61. The molecule has 38 heavy (non-hydrogen) atoms. The number of carbonyl (C=O) groups is 4. The Balaban J connectivity index is 2.56. The van der Waals surface area contributed by atoms with Crippen molar-refractivity contribution in [1.29, 1.82) is 0 Å². The predicted molar refractivity (Wildman–Crippen MR) is 159 cm³/mol. The lowest BCUT2D eigenvalue weighted by molar-refractivity contribution is -0.133. The van der Waals surface area contributed by atoms with Crippen molar-refractivity contribution in [1.82, 2.24) is 16.0 Å².